The van der Waals surface area contributed by atoms with Crippen LogP contribution in [0.15, 0.2) is 48.5 Å². The zero-order chi connectivity index (χ0) is 19.2. The van der Waals surface area contributed by atoms with E-state index in [1.165, 1.54) is 0 Å². The van der Waals surface area contributed by atoms with Crippen LogP contribution in [0.25, 0.3) is 0 Å². The molecule has 1 aliphatic heterocycles. The average Bonchev–Trinajstić information content (AvgIpc) is 2.72. The van der Waals surface area contributed by atoms with Gasteiger partial charge in [-0.1, -0.05) is 36.7 Å². The SMILES string of the molecule is CCNCC1CCN(C(=O)c2ccccc2C(=O)c2ccc(Cl)cc2)CC1. The Labute approximate surface area is 165 Å². The maximum atomic E-state index is 13.1. The highest BCUT2D eigenvalue weighted by molar-refractivity contribution is 6.30. The molecule has 0 bridgehead atoms. The number of likely N-dealkylation sites (tertiary alicyclic amines) is 1. The Kier molecular flexibility index (Phi) is 6.64. The molecule has 0 aromatic heterocycles. The highest BCUT2D eigenvalue weighted by Crippen LogP contribution is 2.22. The summed E-state index contributed by atoms with van der Waals surface area (Å²) in [6.07, 6.45) is 1.98. The molecule has 2 aromatic rings. The first kappa shape index (κ1) is 19.6. The molecule has 4 nitrogen and oxygen atoms in total. The quantitative estimate of drug-likeness (QED) is 0.765. The van der Waals surface area contributed by atoms with Gasteiger partial charge in [0.05, 0.1) is 5.56 Å². The van der Waals surface area contributed by atoms with E-state index in [-0.39, 0.29) is 11.7 Å². The molecule has 1 heterocycles. The van der Waals surface area contributed by atoms with Gasteiger partial charge in [-0.3, -0.25) is 9.59 Å². The molecule has 5 heteroatoms. The highest BCUT2D eigenvalue weighted by Gasteiger charge is 2.26. The lowest BCUT2D eigenvalue weighted by Gasteiger charge is -2.32. The summed E-state index contributed by atoms with van der Waals surface area (Å²) >= 11 is 5.91. The van der Waals surface area contributed by atoms with Crippen LogP contribution in [0.3, 0.4) is 0 Å². The van der Waals surface area contributed by atoms with E-state index in [0.717, 1.165) is 39.0 Å². The summed E-state index contributed by atoms with van der Waals surface area (Å²) in [6.45, 7) is 5.55. The molecule has 1 fully saturated rings. The Morgan fingerprint density at radius 3 is 2.30 bits per heavy atom. The van der Waals surface area contributed by atoms with E-state index in [9.17, 15) is 9.59 Å². The number of hydrogen-bond acceptors (Lipinski definition) is 3. The van der Waals surface area contributed by atoms with Crippen molar-refractivity contribution in [2.75, 3.05) is 26.2 Å². The van der Waals surface area contributed by atoms with E-state index in [1.54, 1.807) is 42.5 Å². The fourth-order valence-electron chi connectivity index (χ4n) is 3.48. The lowest BCUT2D eigenvalue weighted by molar-refractivity contribution is 0.0687. The Morgan fingerprint density at radius 2 is 1.67 bits per heavy atom. The fraction of sp³-hybridized carbons (Fsp3) is 0.364. The number of ketones is 1. The molecule has 142 valence electrons. The number of nitrogens with zero attached hydrogens (tertiary/aromatic N) is 1. The van der Waals surface area contributed by atoms with Crippen LogP contribution in [0.5, 0.6) is 0 Å². The molecule has 0 saturated carbocycles. The molecule has 1 aliphatic rings. The van der Waals surface area contributed by atoms with Gasteiger partial charge in [0, 0.05) is 29.2 Å². The summed E-state index contributed by atoms with van der Waals surface area (Å²) in [5.74, 6) is 0.396. The Balaban J connectivity index is 1.75. The topological polar surface area (TPSA) is 49.4 Å². The van der Waals surface area contributed by atoms with E-state index in [1.807, 2.05) is 11.0 Å². The molecule has 0 atom stereocenters. The molecular weight excluding hydrogens is 360 g/mol. The van der Waals surface area contributed by atoms with Crippen LogP contribution in [-0.2, 0) is 0 Å². The van der Waals surface area contributed by atoms with Gasteiger partial charge in [0.1, 0.15) is 0 Å². The van der Waals surface area contributed by atoms with Crippen molar-refractivity contribution in [1.29, 1.82) is 0 Å². The Morgan fingerprint density at radius 1 is 1.04 bits per heavy atom. The first-order valence-electron chi connectivity index (χ1n) is 9.49. The minimum atomic E-state index is -0.155. The predicted molar refractivity (Wildman–Crippen MR) is 108 cm³/mol. The van der Waals surface area contributed by atoms with Crippen LogP contribution >= 0.6 is 11.6 Å². The first-order valence-corrected chi connectivity index (χ1v) is 9.87. The van der Waals surface area contributed by atoms with Crippen molar-refractivity contribution in [3.8, 4) is 0 Å². The molecule has 3 rings (SSSR count). The number of piperidine rings is 1. The first-order chi connectivity index (χ1) is 13.1. The Bertz CT molecular complexity index is 796. The predicted octanol–water partition coefficient (Wildman–Crippen LogP) is 4.03. The third-order valence-electron chi connectivity index (χ3n) is 5.09. The van der Waals surface area contributed by atoms with Crippen molar-refractivity contribution in [3.63, 3.8) is 0 Å². The van der Waals surface area contributed by atoms with E-state index in [4.69, 9.17) is 11.6 Å². The van der Waals surface area contributed by atoms with E-state index < -0.39 is 0 Å². The molecule has 1 N–H and O–H groups in total. The van der Waals surface area contributed by atoms with Gasteiger partial charge in [-0.15, -0.1) is 0 Å². The summed E-state index contributed by atoms with van der Waals surface area (Å²) in [5, 5.41) is 3.96. The number of carbonyl (C=O) groups excluding carboxylic acids is 2. The zero-order valence-electron chi connectivity index (χ0n) is 15.6. The molecular formula is C22H25ClN2O2. The van der Waals surface area contributed by atoms with Gasteiger partial charge >= 0.3 is 0 Å². The fourth-order valence-corrected chi connectivity index (χ4v) is 3.61. The van der Waals surface area contributed by atoms with Gasteiger partial charge in [-0.25, -0.2) is 0 Å². The highest BCUT2D eigenvalue weighted by atomic mass is 35.5. The van der Waals surface area contributed by atoms with Crippen molar-refractivity contribution in [2.24, 2.45) is 5.92 Å². The summed E-state index contributed by atoms with van der Waals surface area (Å²) in [5.41, 5.74) is 1.45. The summed E-state index contributed by atoms with van der Waals surface area (Å²) in [4.78, 5) is 27.9. The monoisotopic (exact) mass is 384 g/mol. The minimum absolute atomic E-state index is 0.0604. The van der Waals surface area contributed by atoms with Gasteiger partial charge in [0.25, 0.3) is 5.91 Å². The van der Waals surface area contributed by atoms with Crippen molar-refractivity contribution >= 4 is 23.3 Å². The van der Waals surface area contributed by atoms with Gasteiger partial charge < -0.3 is 10.2 Å². The maximum Gasteiger partial charge on any atom is 0.254 e. The second kappa shape index (κ2) is 9.16. The number of hydrogen-bond donors (Lipinski definition) is 1. The largest absolute Gasteiger partial charge is 0.339 e. The number of rotatable bonds is 6. The number of carbonyl (C=O) groups is 2. The second-order valence-electron chi connectivity index (χ2n) is 6.92. The van der Waals surface area contributed by atoms with Crippen molar-refractivity contribution < 1.29 is 9.59 Å². The number of halogens is 1. The second-order valence-corrected chi connectivity index (χ2v) is 7.36. The average molecular weight is 385 g/mol. The van der Waals surface area contributed by atoms with Crippen molar-refractivity contribution in [2.45, 2.75) is 19.8 Å². The van der Waals surface area contributed by atoms with Crippen LogP contribution in [0.2, 0.25) is 5.02 Å². The number of nitrogens with one attached hydrogen (secondary N) is 1. The molecule has 0 aliphatic carbocycles. The molecule has 0 unspecified atom stereocenters. The summed E-state index contributed by atoms with van der Waals surface area (Å²) in [7, 11) is 0. The van der Waals surface area contributed by atoms with Crippen molar-refractivity contribution in [3.05, 3.63) is 70.2 Å². The normalized spacial score (nSPS) is 15.0. The lowest BCUT2D eigenvalue weighted by Crippen LogP contribution is -2.41. The molecule has 1 saturated heterocycles. The molecule has 0 radical (unpaired) electrons. The smallest absolute Gasteiger partial charge is 0.254 e. The molecule has 27 heavy (non-hydrogen) atoms. The third kappa shape index (κ3) is 4.76. The van der Waals surface area contributed by atoms with Gasteiger partial charge in [0.2, 0.25) is 0 Å². The third-order valence-corrected chi connectivity index (χ3v) is 5.35. The van der Waals surface area contributed by atoms with Crippen LogP contribution in [0, 0.1) is 5.92 Å². The van der Waals surface area contributed by atoms with Crippen LogP contribution < -0.4 is 5.32 Å². The van der Waals surface area contributed by atoms with E-state index in [0.29, 0.717) is 27.6 Å². The van der Waals surface area contributed by atoms with Crippen LogP contribution in [0.1, 0.15) is 46.0 Å². The molecule has 2 aromatic carbocycles. The summed E-state index contributed by atoms with van der Waals surface area (Å²) < 4.78 is 0. The molecule has 0 spiro atoms. The Hall–Kier alpha value is -2.17. The van der Waals surface area contributed by atoms with E-state index in [2.05, 4.69) is 12.2 Å². The van der Waals surface area contributed by atoms with Gasteiger partial charge in [-0.2, -0.15) is 0 Å². The lowest BCUT2D eigenvalue weighted by atomic mass is 9.94. The van der Waals surface area contributed by atoms with Crippen LogP contribution in [0.4, 0.5) is 0 Å². The van der Waals surface area contributed by atoms with Crippen molar-refractivity contribution in [1.82, 2.24) is 10.2 Å². The standard InChI is InChI=1S/C22H25ClN2O2/c1-2-24-15-16-11-13-25(14-12-16)22(27)20-6-4-3-5-19(20)21(26)17-7-9-18(23)10-8-17/h3-10,16,24H,2,11-15H2,1H3. The zero-order valence-corrected chi connectivity index (χ0v) is 16.3. The van der Waals surface area contributed by atoms with Gasteiger partial charge in [0.15, 0.2) is 5.78 Å². The molecule has 1 amide bonds. The maximum absolute atomic E-state index is 13.1. The van der Waals surface area contributed by atoms with Crippen LogP contribution in [-0.4, -0.2) is 42.8 Å². The number of benzene rings is 2. The minimum Gasteiger partial charge on any atom is -0.339 e. The van der Waals surface area contributed by atoms with E-state index >= 15 is 0 Å². The number of amides is 1. The van der Waals surface area contributed by atoms with Gasteiger partial charge in [-0.05, 0) is 62.2 Å². The summed E-state index contributed by atoms with van der Waals surface area (Å²) in [6, 6.07) is 13.8.